The summed E-state index contributed by atoms with van der Waals surface area (Å²) in [7, 11) is 0. The molecule has 2 aromatic carbocycles. The van der Waals surface area contributed by atoms with Gasteiger partial charge in [-0.1, -0.05) is 28.1 Å². The fourth-order valence-corrected chi connectivity index (χ4v) is 1.90. The summed E-state index contributed by atoms with van der Waals surface area (Å²) in [6, 6.07) is 14.3. The molecule has 0 spiro atoms. The predicted molar refractivity (Wildman–Crippen MR) is 79.1 cm³/mol. The molecule has 0 saturated heterocycles. The monoisotopic (exact) mass is 320 g/mol. The van der Waals surface area contributed by atoms with Gasteiger partial charge in [0.25, 0.3) is 5.91 Å². The molecule has 0 aliphatic rings. The van der Waals surface area contributed by atoms with Gasteiger partial charge >= 0.3 is 0 Å². The van der Waals surface area contributed by atoms with E-state index in [1.165, 1.54) is 0 Å². The molecule has 2 rings (SSSR count). The lowest BCUT2D eigenvalue weighted by Gasteiger charge is -2.08. The summed E-state index contributed by atoms with van der Waals surface area (Å²) in [4.78, 5) is 11.7. The molecule has 0 radical (unpaired) electrons. The second-order valence-electron chi connectivity index (χ2n) is 3.92. The number of nitrogens with two attached hydrogens (primary N) is 1. The standard InChI is InChI=1S/C14H13BrN2O2/c15-10-3-1-6-13(7-10)19-9-14(18)17-12-5-2-4-11(16)8-12/h1-8H,9,16H2,(H,17,18). The number of hydrogen-bond acceptors (Lipinski definition) is 3. The van der Waals surface area contributed by atoms with Gasteiger partial charge in [-0.25, -0.2) is 0 Å². The van der Waals surface area contributed by atoms with Crippen LogP contribution in [0.25, 0.3) is 0 Å². The Morgan fingerprint density at radius 3 is 2.74 bits per heavy atom. The first-order valence-corrected chi connectivity index (χ1v) is 6.46. The predicted octanol–water partition coefficient (Wildman–Crippen LogP) is 3.05. The Morgan fingerprint density at radius 1 is 1.21 bits per heavy atom. The summed E-state index contributed by atoms with van der Waals surface area (Å²) in [6.45, 7) is -0.0503. The molecule has 5 heteroatoms. The first-order chi connectivity index (χ1) is 9.13. The van der Waals surface area contributed by atoms with E-state index in [4.69, 9.17) is 10.5 Å². The fraction of sp³-hybridized carbons (Fsp3) is 0.0714. The summed E-state index contributed by atoms with van der Waals surface area (Å²) in [6.07, 6.45) is 0. The highest BCUT2D eigenvalue weighted by molar-refractivity contribution is 9.10. The number of carbonyl (C=O) groups excluding carboxylic acids is 1. The van der Waals surface area contributed by atoms with Crippen LogP contribution in [0.1, 0.15) is 0 Å². The minimum atomic E-state index is -0.231. The van der Waals surface area contributed by atoms with E-state index >= 15 is 0 Å². The maximum absolute atomic E-state index is 11.7. The molecule has 0 bridgehead atoms. The van der Waals surface area contributed by atoms with E-state index in [9.17, 15) is 4.79 Å². The molecule has 19 heavy (non-hydrogen) atoms. The summed E-state index contributed by atoms with van der Waals surface area (Å²) in [5.41, 5.74) is 6.89. The van der Waals surface area contributed by atoms with Crippen LogP contribution in [0.15, 0.2) is 53.0 Å². The molecule has 2 aromatic rings. The van der Waals surface area contributed by atoms with Crippen LogP contribution >= 0.6 is 15.9 Å². The Morgan fingerprint density at radius 2 is 2.00 bits per heavy atom. The third kappa shape index (κ3) is 4.30. The number of halogens is 1. The number of nitrogens with one attached hydrogen (secondary N) is 1. The fourth-order valence-electron chi connectivity index (χ4n) is 1.52. The number of benzene rings is 2. The average molecular weight is 321 g/mol. The lowest BCUT2D eigenvalue weighted by Crippen LogP contribution is -2.20. The topological polar surface area (TPSA) is 64.3 Å². The van der Waals surface area contributed by atoms with Crippen LogP contribution in [0.2, 0.25) is 0 Å². The van der Waals surface area contributed by atoms with Crippen LogP contribution in [-0.4, -0.2) is 12.5 Å². The zero-order valence-corrected chi connectivity index (χ0v) is 11.7. The van der Waals surface area contributed by atoms with Crippen molar-refractivity contribution < 1.29 is 9.53 Å². The number of ether oxygens (including phenoxy) is 1. The van der Waals surface area contributed by atoms with Gasteiger partial charge in [-0.2, -0.15) is 0 Å². The van der Waals surface area contributed by atoms with Crippen LogP contribution in [0.5, 0.6) is 5.75 Å². The maximum Gasteiger partial charge on any atom is 0.262 e. The molecular formula is C14H13BrN2O2. The van der Waals surface area contributed by atoms with Gasteiger partial charge in [0.15, 0.2) is 6.61 Å². The second kappa shape index (κ2) is 6.24. The Labute approximate surface area is 119 Å². The van der Waals surface area contributed by atoms with Crippen molar-refractivity contribution in [2.45, 2.75) is 0 Å². The zero-order chi connectivity index (χ0) is 13.7. The van der Waals surface area contributed by atoms with Crippen molar-refractivity contribution in [1.29, 1.82) is 0 Å². The zero-order valence-electron chi connectivity index (χ0n) is 10.1. The van der Waals surface area contributed by atoms with Gasteiger partial charge < -0.3 is 15.8 Å². The van der Waals surface area contributed by atoms with Crippen molar-refractivity contribution in [3.8, 4) is 5.75 Å². The number of hydrogen-bond donors (Lipinski definition) is 2. The molecule has 1 amide bonds. The third-order valence-electron chi connectivity index (χ3n) is 2.34. The normalized spacial score (nSPS) is 9.95. The maximum atomic E-state index is 11.7. The summed E-state index contributed by atoms with van der Waals surface area (Å²) in [5.74, 6) is 0.405. The molecule has 0 aromatic heterocycles. The van der Waals surface area contributed by atoms with Crippen molar-refractivity contribution in [3.05, 3.63) is 53.0 Å². The largest absolute Gasteiger partial charge is 0.484 e. The Kier molecular flexibility index (Phi) is 4.41. The van der Waals surface area contributed by atoms with E-state index in [-0.39, 0.29) is 12.5 Å². The quantitative estimate of drug-likeness (QED) is 0.851. The number of carbonyl (C=O) groups is 1. The Bertz CT molecular complexity index is 587. The van der Waals surface area contributed by atoms with Crippen LogP contribution in [-0.2, 0) is 4.79 Å². The Hall–Kier alpha value is -2.01. The van der Waals surface area contributed by atoms with Gasteiger partial charge in [-0.05, 0) is 36.4 Å². The van der Waals surface area contributed by atoms with Gasteiger partial charge in [-0.15, -0.1) is 0 Å². The van der Waals surface area contributed by atoms with Crippen molar-refractivity contribution in [3.63, 3.8) is 0 Å². The van der Waals surface area contributed by atoms with Crippen molar-refractivity contribution in [2.24, 2.45) is 0 Å². The van der Waals surface area contributed by atoms with Crippen molar-refractivity contribution in [1.82, 2.24) is 0 Å². The van der Waals surface area contributed by atoms with Gasteiger partial charge in [0.2, 0.25) is 0 Å². The Balaban J connectivity index is 1.88. The molecule has 4 nitrogen and oxygen atoms in total. The van der Waals surface area contributed by atoms with Gasteiger partial charge in [-0.3, -0.25) is 4.79 Å². The SMILES string of the molecule is Nc1cccc(NC(=O)COc2cccc(Br)c2)c1. The van der Waals surface area contributed by atoms with E-state index in [0.717, 1.165) is 4.47 Å². The molecule has 0 saturated carbocycles. The van der Waals surface area contributed by atoms with Gasteiger partial charge in [0, 0.05) is 15.8 Å². The average Bonchev–Trinajstić information content (AvgIpc) is 2.36. The van der Waals surface area contributed by atoms with Crippen molar-refractivity contribution in [2.75, 3.05) is 17.7 Å². The van der Waals surface area contributed by atoms with Gasteiger partial charge in [0.05, 0.1) is 0 Å². The summed E-state index contributed by atoms with van der Waals surface area (Å²) < 4.78 is 6.28. The van der Waals surface area contributed by atoms with Crippen molar-refractivity contribution >= 4 is 33.2 Å². The molecule has 0 unspecified atom stereocenters. The summed E-state index contributed by atoms with van der Waals surface area (Å²) in [5, 5.41) is 2.71. The molecule has 0 aliphatic heterocycles. The molecule has 0 atom stereocenters. The first-order valence-electron chi connectivity index (χ1n) is 5.67. The molecule has 0 aliphatic carbocycles. The molecule has 3 N–H and O–H groups in total. The second-order valence-corrected chi connectivity index (χ2v) is 4.84. The number of amides is 1. The lowest BCUT2D eigenvalue weighted by molar-refractivity contribution is -0.118. The molecule has 98 valence electrons. The number of nitrogen functional groups attached to an aromatic ring is 1. The highest BCUT2D eigenvalue weighted by Gasteiger charge is 2.04. The molecular weight excluding hydrogens is 308 g/mol. The van der Waals surface area contributed by atoms with E-state index < -0.39 is 0 Å². The van der Waals surface area contributed by atoms with Gasteiger partial charge in [0.1, 0.15) is 5.75 Å². The van der Waals surface area contributed by atoms with Crippen LogP contribution in [0.3, 0.4) is 0 Å². The van der Waals surface area contributed by atoms with E-state index in [1.807, 2.05) is 12.1 Å². The first kappa shape index (κ1) is 13.4. The molecule has 0 heterocycles. The van der Waals surface area contributed by atoms with Crippen LogP contribution in [0.4, 0.5) is 11.4 Å². The highest BCUT2D eigenvalue weighted by Crippen LogP contribution is 2.17. The van der Waals surface area contributed by atoms with Crippen LogP contribution < -0.4 is 15.8 Å². The summed E-state index contributed by atoms with van der Waals surface area (Å²) >= 11 is 3.34. The number of rotatable bonds is 4. The van der Waals surface area contributed by atoms with E-state index in [0.29, 0.717) is 17.1 Å². The minimum Gasteiger partial charge on any atom is -0.484 e. The lowest BCUT2D eigenvalue weighted by atomic mass is 10.3. The third-order valence-corrected chi connectivity index (χ3v) is 2.83. The number of anilines is 2. The van der Waals surface area contributed by atoms with E-state index in [2.05, 4.69) is 21.2 Å². The smallest absolute Gasteiger partial charge is 0.262 e. The highest BCUT2D eigenvalue weighted by atomic mass is 79.9. The minimum absolute atomic E-state index is 0.0503. The molecule has 0 fully saturated rings. The van der Waals surface area contributed by atoms with Crippen LogP contribution in [0, 0.1) is 0 Å². The van der Waals surface area contributed by atoms with E-state index in [1.54, 1.807) is 36.4 Å².